The fourth-order valence-corrected chi connectivity index (χ4v) is 4.10. The average molecular weight is 510 g/mol. The van der Waals surface area contributed by atoms with Crippen LogP contribution in [0.2, 0.25) is 0 Å². The van der Waals surface area contributed by atoms with Gasteiger partial charge in [-0.3, -0.25) is 9.36 Å². The first-order valence-corrected chi connectivity index (χ1v) is 12.0. The number of aliphatic hydroxyl groups is 2. The predicted octanol–water partition coefficient (Wildman–Crippen LogP) is 0.445. The Morgan fingerprint density at radius 2 is 1.74 bits per heavy atom. The number of aliphatic hydroxyl groups excluding tert-OH is 2. The summed E-state index contributed by atoms with van der Waals surface area (Å²) in [4.78, 5) is 12.4. The third-order valence-electron chi connectivity index (χ3n) is 4.65. The molecule has 35 heavy (non-hydrogen) atoms. The third kappa shape index (κ3) is 7.39. The van der Waals surface area contributed by atoms with Gasteiger partial charge in [0.25, 0.3) is 5.56 Å². The lowest BCUT2D eigenvalue weighted by atomic mass is 10.1. The minimum atomic E-state index is -4.00. The molecular weight excluding hydrogens is 482 g/mol. The number of aromatic hydroxyl groups is 1. The first-order valence-electron chi connectivity index (χ1n) is 10.5. The Labute approximate surface area is 201 Å². The molecule has 190 valence electrons. The number of benzene rings is 1. The van der Waals surface area contributed by atoms with Crippen molar-refractivity contribution in [3.05, 3.63) is 45.7 Å². The molecule has 0 aliphatic rings. The van der Waals surface area contributed by atoms with E-state index in [4.69, 9.17) is 19.7 Å². The minimum Gasteiger partial charge on any atom is -0.493 e. The van der Waals surface area contributed by atoms with Gasteiger partial charge in [-0.25, -0.2) is 13.1 Å². The maximum Gasteiger partial charge on any atom is 0.271 e. The molecule has 0 aliphatic heterocycles. The molecule has 0 saturated carbocycles. The molecule has 1 aromatic heterocycles. The van der Waals surface area contributed by atoms with Crippen molar-refractivity contribution in [3.8, 4) is 11.9 Å². The van der Waals surface area contributed by atoms with Crippen molar-refractivity contribution in [1.29, 1.82) is 5.26 Å². The maximum atomic E-state index is 12.7. The van der Waals surface area contributed by atoms with Crippen LogP contribution >= 0.6 is 0 Å². The van der Waals surface area contributed by atoms with E-state index in [1.807, 2.05) is 0 Å². The van der Waals surface area contributed by atoms with Gasteiger partial charge in [0.2, 0.25) is 15.9 Å². The molecule has 1 heterocycles. The van der Waals surface area contributed by atoms with Crippen LogP contribution in [0, 0.1) is 18.3 Å². The summed E-state index contributed by atoms with van der Waals surface area (Å²) >= 11 is 0. The molecule has 0 unspecified atom stereocenters. The highest BCUT2D eigenvalue weighted by atomic mass is 32.2. The molecule has 0 bridgehead atoms. The van der Waals surface area contributed by atoms with E-state index in [0.717, 1.165) is 4.57 Å². The van der Waals surface area contributed by atoms with E-state index >= 15 is 0 Å². The summed E-state index contributed by atoms with van der Waals surface area (Å²) in [6.07, 6.45) is 0. The van der Waals surface area contributed by atoms with Gasteiger partial charge in [-0.05, 0) is 19.1 Å². The van der Waals surface area contributed by atoms with Gasteiger partial charge in [0.15, 0.2) is 5.69 Å². The number of pyridine rings is 1. The normalized spacial score (nSPS) is 11.7. The summed E-state index contributed by atoms with van der Waals surface area (Å²) in [5.74, 6) is -0.567. The van der Waals surface area contributed by atoms with Gasteiger partial charge in [0.05, 0.1) is 46.2 Å². The number of aromatic nitrogens is 1. The quantitative estimate of drug-likeness (QED) is 0.206. The number of nitrogens with zero attached hydrogens (tertiary/aromatic N) is 4. The van der Waals surface area contributed by atoms with Crippen molar-refractivity contribution in [3.63, 3.8) is 0 Å². The summed E-state index contributed by atoms with van der Waals surface area (Å²) < 4.78 is 38.8. The molecule has 14 heteroatoms. The lowest BCUT2D eigenvalue weighted by Gasteiger charge is -2.13. The molecule has 0 aliphatic carbocycles. The van der Waals surface area contributed by atoms with E-state index in [0.29, 0.717) is 0 Å². The topological polar surface area (TPSA) is 196 Å². The van der Waals surface area contributed by atoms with Gasteiger partial charge in [-0.1, -0.05) is 12.1 Å². The van der Waals surface area contributed by atoms with Crippen molar-refractivity contribution in [2.75, 3.05) is 46.2 Å². The second-order valence-electron chi connectivity index (χ2n) is 6.98. The lowest BCUT2D eigenvalue weighted by molar-refractivity contribution is 0.0854. The Morgan fingerprint density at radius 1 is 1.09 bits per heavy atom. The van der Waals surface area contributed by atoms with Crippen LogP contribution in [0.1, 0.15) is 11.1 Å². The standard InChI is InChI=1S/C21H27N5O8S/c1-15-16(14-22)20(29)26(7-11-34-13-9-28)21(30)19(15)25-24-17-4-2-3-5-18(17)35(31,32)23-6-10-33-12-8-27/h2-5,23,27-28,30H,6-13H2,1H3/b25-24+. The molecule has 1 aromatic carbocycles. The zero-order chi connectivity index (χ0) is 25.8. The van der Waals surface area contributed by atoms with Crippen LogP contribution in [-0.4, -0.2) is 74.5 Å². The van der Waals surface area contributed by atoms with Gasteiger partial charge in [0, 0.05) is 12.1 Å². The van der Waals surface area contributed by atoms with Crippen molar-refractivity contribution in [1.82, 2.24) is 9.29 Å². The first-order chi connectivity index (χ1) is 16.8. The Balaban J connectivity index is 2.40. The van der Waals surface area contributed by atoms with Crippen LogP contribution in [0.3, 0.4) is 0 Å². The molecule has 0 saturated heterocycles. The van der Waals surface area contributed by atoms with E-state index in [1.54, 1.807) is 12.1 Å². The molecule has 13 nitrogen and oxygen atoms in total. The zero-order valence-corrected chi connectivity index (χ0v) is 19.9. The average Bonchev–Trinajstić information content (AvgIpc) is 2.84. The van der Waals surface area contributed by atoms with Crippen LogP contribution in [0.25, 0.3) is 0 Å². The first kappa shape index (κ1) is 28.1. The van der Waals surface area contributed by atoms with E-state index in [9.17, 15) is 23.6 Å². The van der Waals surface area contributed by atoms with E-state index in [2.05, 4.69) is 15.0 Å². The Bertz CT molecular complexity index is 1240. The highest BCUT2D eigenvalue weighted by molar-refractivity contribution is 7.89. The van der Waals surface area contributed by atoms with Gasteiger partial charge in [0.1, 0.15) is 22.2 Å². The van der Waals surface area contributed by atoms with Crippen LogP contribution < -0.4 is 10.3 Å². The summed E-state index contributed by atoms with van der Waals surface area (Å²) in [5, 5.41) is 45.5. The molecule has 0 spiro atoms. The molecule has 4 N–H and O–H groups in total. The number of azo groups is 1. The van der Waals surface area contributed by atoms with Gasteiger partial charge < -0.3 is 24.8 Å². The fourth-order valence-electron chi connectivity index (χ4n) is 2.95. The van der Waals surface area contributed by atoms with Gasteiger partial charge in [-0.2, -0.15) is 5.26 Å². The zero-order valence-electron chi connectivity index (χ0n) is 19.0. The number of hydrogen-bond donors (Lipinski definition) is 4. The third-order valence-corrected chi connectivity index (χ3v) is 6.16. The van der Waals surface area contributed by atoms with Crippen LogP contribution in [0.5, 0.6) is 5.88 Å². The molecule has 2 rings (SSSR count). The van der Waals surface area contributed by atoms with Crippen molar-refractivity contribution in [2.45, 2.75) is 18.4 Å². The molecule has 0 fully saturated rings. The van der Waals surface area contributed by atoms with Crippen LogP contribution in [-0.2, 0) is 26.0 Å². The summed E-state index contributed by atoms with van der Waals surface area (Å²) in [7, 11) is -4.00. The van der Waals surface area contributed by atoms with E-state index in [1.165, 1.54) is 25.1 Å². The number of ether oxygens (including phenoxy) is 2. The van der Waals surface area contributed by atoms with Gasteiger partial charge in [-0.15, -0.1) is 10.2 Å². The molecule has 0 radical (unpaired) electrons. The Kier molecular flexibility index (Phi) is 10.9. The second kappa shape index (κ2) is 13.6. The van der Waals surface area contributed by atoms with Crippen LogP contribution in [0.4, 0.5) is 11.4 Å². The maximum absolute atomic E-state index is 12.7. The lowest BCUT2D eigenvalue weighted by Crippen LogP contribution is -2.27. The number of nitriles is 1. The smallest absolute Gasteiger partial charge is 0.271 e. The highest BCUT2D eigenvalue weighted by Crippen LogP contribution is 2.33. The Hall–Kier alpha value is -3.19. The number of hydrogen-bond acceptors (Lipinski definition) is 11. The summed E-state index contributed by atoms with van der Waals surface area (Å²) in [6, 6.07) is 7.55. The van der Waals surface area contributed by atoms with Crippen molar-refractivity contribution in [2.24, 2.45) is 10.2 Å². The van der Waals surface area contributed by atoms with Crippen molar-refractivity contribution >= 4 is 21.4 Å². The molecular formula is C21H27N5O8S. The summed E-state index contributed by atoms with van der Waals surface area (Å²) in [5.41, 5.74) is -1.15. The fraction of sp³-hybridized carbons (Fsp3) is 0.429. The van der Waals surface area contributed by atoms with Gasteiger partial charge >= 0.3 is 0 Å². The molecule has 2 aromatic rings. The van der Waals surface area contributed by atoms with E-state index in [-0.39, 0.29) is 80.1 Å². The van der Waals surface area contributed by atoms with Crippen LogP contribution in [0.15, 0.2) is 44.2 Å². The highest BCUT2D eigenvalue weighted by Gasteiger charge is 2.21. The van der Waals surface area contributed by atoms with Crippen molar-refractivity contribution < 1.29 is 33.2 Å². The number of rotatable bonds is 14. The predicted molar refractivity (Wildman–Crippen MR) is 123 cm³/mol. The summed E-state index contributed by atoms with van der Waals surface area (Å²) in [6.45, 7) is 1.00. The number of sulfonamides is 1. The molecule has 0 amide bonds. The minimum absolute atomic E-state index is 0.0205. The molecule has 0 atom stereocenters. The Morgan fingerprint density at radius 3 is 2.40 bits per heavy atom. The monoisotopic (exact) mass is 509 g/mol. The SMILES string of the molecule is Cc1c(/N=N/c2ccccc2S(=O)(=O)NCCOCCO)c(O)n(CCOCCO)c(=O)c1C#N. The largest absolute Gasteiger partial charge is 0.493 e. The second-order valence-corrected chi connectivity index (χ2v) is 8.71. The van der Waals surface area contributed by atoms with E-state index < -0.39 is 21.5 Å². The number of nitrogens with one attached hydrogen (secondary N) is 1.